The van der Waals surface area contributed by atoms with Crippen molar-refractivity contribution in [2.24, 2.45) is 0 Å². The Labute approximate surface area is 87.8 Å². The van der Waals surface area contributed by atoms with E-state index in [0.717, 1.165) is 0 Å². The molecule has 0 spiro atoms. The molecule has 0 radical (unpaired) electrons. The number of halogens is 1. The van der Waals surface area contributed by atoms with Crippen LogP contribution in [0.25, 0.3) is 5.57 Å². The van der Waals surface area contributed by atoms with E-state index in [9.17, 15) is 0 Å². The molecule has 0 N–H and O–H groups in total. The van der Waals surface area contributed by atoms with E-state index in [2.05, 4.69) is 67.6 Å². The van der Waals surface area contributed by atoms with Gasteiger partial charge >= 0.3 is 0 Å². The molecule has 0 fully saturated rings. The van der Waals surface area contributed by atoms with Gasteiger partial charge in [0.2, 0.25) is 0 Å². The number of allylic oxidation sites excluding steroid dienone is 2. The van der Waals surface area contributed by atoms with E-state index in [1.165, 1.54) is 20.3 Å². The van der Waals surface area contributed by atoms with Crippen LogP contribution in [0.1, 0.15) is 26.3 Å². The average molecular weight is 272 g/mol. The second-order valence-electron chi connectivity index (χ2n) is 3.13. The van der Waals surface area contributed by atoms with Crippen LogP contribution in [-0.4, -0.2) is 0 Å². The highest BCUT2D eigenvalue weighted by atomic mass is 127. The Morgan fingerprint density at radius 2 is 1.50 bits per heavy atom. The average Bonchev–Trinajstić information content (AvgIpc) is 2.04. The first kappa shape index (κ1) is 9.78. The Kier molecular flexibility index (Phi) is 3.32. The van der Waals surface area contributed by atoms with Gasteiger partial charge in [-0.25, -0.2) is 0 Å². The summed E-state index contributed by atoms with van der Waals surface area (Å²) in [6.45, 7) is 6.46. The van der Waals surface area contributed by atoms with E-state index >= 15 is 0 Å². The van der Waals surface area contributed by atoms with Crippen molar-refractivity contribution in [3.63, 3.8) is 0 Å². The molecule has 1 rings (SSSR count). The van der Waals surface area contributed by atoms with Crippen molar-refractivity contribution in [1.29, 1.82) is 0 Å². The quantitative estimate of drug-likeness (QED) is 0.675. The lowest BCUT2D eigenvalue weighted by atomic mass is 10.0. The molecule has 0 aliphatic heterocycles. The first-order valence-corrected chi connectivity index (χ1v) is 5.09. The summed E-state index contributed by atoms with van der Waals surface area (Å²) in [5.41, 5.74) is 4.10. The topological polar surface area (TPSA) is 0 Å². The molecule has 1 aromatic carbocycles. The van der Waals surface area contributed by atoms with Crippen molar-refractivity contribution in [1.82, 2.24) is 0 Å². The molecule has 0 amide bonds. The molecule has 0 aliphatic rings. The first-order valence-electron chi connectivity index (χ1n) is 4.01. The maximum atomic E-state index is 2.32. The van der Waals surface area contributed by atoms with Crippen molar-refractivity contribution in [3.8, 4) is 0 Å². The van der Waals surface area contributed by atoms with Crippen LogP contribution in [0.4, 0.5) is 0 Å². The lowest BCUT2D eigenvalue weighted by Gasteiger charge is -2.03. The summed E-state index contributed by atoms with van der Waals surface area (Å²) in [5.74, 6) is 0. The van der Waals surface area contributed by atoms with E-state index in [0.29, 0.717) is 0 Å². The van der Waals surface area contributed by atoms with E-state index in [1.807, 2.05) is 0 Å². The smallest absolute Gasteiger partial charge is 0.0130 e. The zero-order chi connectivity index (χ0) is 9.14. The SMILES string of the molecule is CC(C)=C(C)c1ccc(I)cc1. The Balaban J connectivity index is 3.06. The molecule has 0 aromatic heterocycles. The van der Waals surface area contributed by atoms with Crippen LogP contribution in [0.5, 0.6) is 0 Å². The van der Waals surface area contributed by atoms with Crippen molar-refractivity contribution < 1.29 is 0 Å². The monoisotopic (exact) mass is 272 g/mol. The summed E-state index contributed by atoms with van der Waals surface area (Å²) >= 11 is 2.32. The summed E-state index contributed by atoms with van der Waals surface area (Å²) in [6, 6.07) is 8.62. The van der Waals surface area contributed by atoms with E-state index in [1.54, 1.807) is 0 Å². The third-order valence-electron chi connectivity index (χ3n) is 2.03. The molecule has 0 saturated carbocycles. The van der Waals surface area contributed by atoms with Crippen molar-refractivity contribution in [2.45, 2.75) is 20.8 Å². The normalized spacial score (nSPS) is 9.67. The van der Waals surface area contributed by atoms with Crippen molar-refractivity contribution >= 4 is 28.2 Å². The summed E-state index contributed by atoms with van der Waals surface area (Å²) in [7, 11) is 0. The molecular weight excluding hydrogens is 259 g/mol. The second-order valence-corrected chi connectivity index (χ2v) is 4.38. The van der Waals surface area contributed by atoms with Crippen LogP contribution < -0.4 is 0 Å². The highest BCUT2D eigenvalue weighted by Crippen LogP contribution is 2.18. The van der Waals surface area contributed by atoms with Gasteiger partial charge in [-0.2, -0.15) is 0 Å². The first-order chi connectivity index (χ1) is 5.61. The fourth-order valence-corrected chi connectivity index (χ4v) is 1.35. The molecule has 1 aromatic rings. The largest absolute Gasteiger partial charge is 0.0729 e. The molecule has 64 valence electrons. The van der Waals surface area contributed by atoms with Crippen molar-refractivity contribution in [2.75, 3.05) is 0 Å². The molecule has 0 unspecified atom stereocenters. The minimum Gasteiger partial charge on any atom is -0.0729 e. The molecule has 0 saturated heterocycles. The van der Waals surface area contributed by atoms with E-state index < -0.39 is 0 Å². The minimum absolute atomic E-state index is 1.29. The van der Waals surface area contributed by atoms with E-state index in [4.69, 9.17) is 0 Å². The van der Waals surface area contributed by atoms with Gasteiger partial charge in [-0.15, -0.1) is 0 Å². The lowest BCUT2D eigenvalue weighted by molar-refractivity contribution is 1.36. The third kappa shape index (κ3) is 2.34. The molecule has 0 bridgehead atoms. The minimum atomic E-state index is 1.29. The molecule has 0 atom stereocenters. The number of benzene rings is 1. The van der Waals surface area contributed by atoms with Gasteiger partial charge in [-0.1, -0.05) is 17.7 Å². The number of rotatable bonds is 1. The van der Waals surface area contributed by atoms with Gasteiger partial charge in [0, 0.05) is 3.57 Å². The predicted octanol–water partition coefficient (Wildman–Crippen LogP) is 4.10. The highest BCUT2D eigenvalue weighted by Gasteiger charge is 1.96. The summed E-state index contributed by atoms with van der Waals surface area (Å²) in [6.07, 6.45) is 0. The highest BCUT2D eigenvalue weighted by molar-refractivity contribution is 14.1. The molecule has 12 heavy (non-hydrogen) atoms. The van der Waals surface area contributed by atoms with Crippen LogP contribution in [0.15, 0.2) is 29.8 Å². The molecule has 0 aliphatic carbocycles. The van der Waals surface area contributed by atoms with E-state index in [-0.39, 0.29) is 0 Å². The summed E-state index contributed by atoms with van der Waals surface area (Å²) in [5, 5.41) is 0. The standard InChI is InChI=1S/C11H13I/c1-8(2)9(3)10-4-6-11(12)7-5-10/h4-7H,1-3H3. The molecule has 1 heteroatoms. The van der Waals surface area contributed by atoms with Crippen LogP contribution >= 0.6 is 22.6 Å². The summed E-state index contributed by atoms with van der Waals surface area (Å²) in [4.78, 5) is 0. The Morgan fingerprint density at radius 1 is 1.00 bits per heavy atom. The van der Waals surface area contributed by atoms with Crippen LogP contribution in [0.2, 0.25) is 0 Å². The van der Waals surface area contributed by atoms with Gasteiger partial charge in [-0.3, -0.25) is 0 Å². The zero-order valence-electron chi connectivity index (χ0n) is 7.69. The van der Waals surface area contributed by atoms with Gasteiger partial charge in [0.1, 0.15) is 0 Å². The Bertz CT molecular complexity index is 289. The maximum absolute atomic E-state index is 2.32. The van der Waals surface area contributed by atoms with Crippen LogP contribution in [0.3, 0.4) is 0 Å². The maximum Gasteiger partial charge on any atom is 0.0130 e. The molecule has 0 nitrogen and oxygen atoms in total. The fraction of sp³-hybridized carbons (Fsp3) is 0.273. The number of hydrogen-bond acceptors (Lipinski definition) is 0. The summed E-state index contributed by atoms with van der Waals surface area (Å²) < 4.78 is 1.29. The van der Waals surface area contributed by atoms with Gasteiger partial charge in [0.25, 0.3) is 0 Å². The Hall–Kier alpha value is -0.310. The van der Waals surface area contributed by atoms with Crippen LogP contribution in [0, 0.1) is 3.57 Å². The zero-order valence-corrected chi connectivity index (χ0v) is 9.84. The van der Waals surface area contributed by atoms with Gasteiger partial charge in [-0.05, 0) is 66.6 Å². The van der Waals surface area contributed by atoms with Gasteiger partial charge in [0.15, 0.2) is 0 Å². The third-order valence-corrected chi connectivity index (χ3v) is 2.75. The Morgan fingerprint density at radius 3 is 1.92 bits per heavy atom. The lowest BCUT2D eigenvalue weighted by Crippen LogP contribution is -1.81. The van der Waals surface area contributed by atoms with Gasteiger partial charge in [0.05, 0.1) is 0 Å². The number of hydrogen-bond donors (Lipinski definition) is 0. The van der Waals surface area contributed by atoms with Gasteiger partial charge < -0.3 is 0 Å². The second kappa shape index (κ2) is 4.08. The molecule has 0 heterocycles. The van der Waals surface area contributed by atoms with Crippen molar-refractivity contribution in [3.05, 3.63) is 39.0 Å². The predicted molar refractivity (Wildman–Crippen MR) is 63.1 cm³/mol. The van der Waals surface area contributed by atoms with Crippen LogP contribution in [-0.2, 0) is 0 Å². The molecular formula is C11H13I. The fourth-order valence-electron chi connectivity index (χ4n) is 0.989.